The SMILES string of the molecule is CCOc1cc(C2/C(=C(/O)c3ccc(OCc4ccccc4)c(C)c3)C(=O)C(=O)N2c2ccccc2OC)ccc1OC. The highest BCUT2D eigenvalue weighted by Crippen LogP contribution is 2.46. The van der Waals surface area contributed by atoms with E-state index in [9.17, 15) is 14.7 Å². The molecular formula is C35H33NO7. The van der Waals surface area contributed by atoms with Crippen LogP contribution < -0.4 is 23.8 Å². The number of Topliss-reactive ketones (excluding diaryl/α,β-unsaturated/α-hetero) is 1. The summed E-state index contributed by atoms with van der Waals surface area (Å²) in [7, 11) is 3.03. The minimum atomic E-state index is -0.976. The molecule has 0 aromatic heterocycles. The Morgan fingerprint density at radius 1 is 0.791 bits per heavy atom. The summed E-state index contributed by atoms with van der Waals surface area (Å²) in [6.45, 7) is 4.48. The van der Waals surface area contributed by atoms with Gasteiger partial charge in [-0.2, -0.15) is 0 Å². The Hall–Kier alpha value is -5.24. The third kappa shape index (κ3) is 5.77. The van der Waals surface area contributed by atoms with E-state index in [0.29, 0.717) is 53.0 Å². The number of hydrogen-bond donors (Lipinski definition) is 1. The van der Waals surface area contributed by atoms with Gasteiger partial charge in [-0.05, 0) is 73.0 Å². The molecule has 4 aromatic rings. The lowest BCUT2D eigenvalue weighted by Crippen LogP contribution is -2.29. The van der Waals surface area contributed by atoms with E-state index in [-0.39, 0.29) is 11.3 Å². The van der Waals surface area contributed by atoms with Gasteiger partial charge in [-0.25, -0.2) is 0 Å². The van der Waals surface area contributed by atoms with Crippen LogP contribution in [0.15, 0.2) is 96.6 Å². The number of carbonyl (C=O) groups excluding carboxylic acids is 2. The molecular weight excluding hydrogens is 546 g/mol. The number of anilines is 1. The molecule has 0 bridgehead atoms. The molecule has 1 amide bonds. The zero-order valence-electron chi connectivity index (χ0n) is 24.5. The van der Waals surface area contributed by atoms with Crippen molar-refractivity contribution in [3.05, 3.63) is 119 Å². The monoisotopic (exact) mass is 579 g/mol. The summed E-state index contributed by atoms with van der Waals surface area (Å²) < 4.78 is 22.8. The third-order valence-electron chi connectivity index (χ3n) is 7.28. The van der Waals surface area contributed by atoms with Crippen LogP contribution >= 0.6 is 0 Å². The van der Waals surface area contributed by atoms with Crippen molar-refractivity contribution in [2.75, 3.05) is 25.7 Å². The smallest absolute Gasteiger partial charge is 0.300 e. The van der Waals surface area contributed by atoms with Gasteiger partial charge in [0.1, 0.15) is 23.9 Å². The fourth-order valence-corrected chi connectivity index (χ4v) is 5.21. The highest BCUT2D eigenvalue weighted by atomic mass is 16.5. The molecule has 1 aliphatic rings. The summed E-state index contributed by atoms with van der Waals surface area (Å²) >= 11 is 0. The minimum Gasteiger partial charge on any atom is -0.507 e. The lowest BCUT2D eigenvalue weighted by atomic mass is 9.94. The Labute approximate surface area is 250 Å². The summed E-state index contributed by atoms with van der Waals surface area (Å²) in [5.74, 6) is 0.0953. The van der Waals surface area contributed by atoms with Crippen molar-refractivity contribution in [1.29, 1.82) is 0 Å². The predicted octanol–water partition coefficient (Wildman–Crippen LogP) is 6.62. The minimum absolute atomic E-state index is 0.0547. The van der Waals surface area contributed by atoms with Crippen LogP contribution in [0.3, 0.4) is 0 Å². The van der Waals surface area contributed by atoms with Crippen molar-refractivity contribution in [1.82, 2.24) is 0 Å². The fourth-order valence-electron chi connectivity index (χ4n) is 5.21. The van der Waals surface area contributed by atoms with Crippen LogP contribution in [0, 0.1) is 6.92 Å². The zero-order chi connectivity index (χ0) is 30.5. The molecule has 0 aliphatic carbocycles. The van der Waals surface area contributed by atoms with Crippen molar-refractivity contribution in [3.63, 3.8) is 0 Å². The summed E-state index contributed by atoms with van der Waals surface area (Å²) in [6.07, 6.45) is 0. The van der Waals surface area contributed by atoms with E-state index in [1.54, 1.807) is 60.7 Å². The third-order valence-corrected chi connectivity index (χ3v) is 7.28. The molecule has 220 valence electrons. The summed E-state index contributed by atoms with van der Waals surface area (Å²) in [4.78, 5) is 28.7. The molecule has 1 saturated heterocycles. The maximum Gasteiger partial charge on any atom is 0.300 e. The van der Waals surface area contributed by atoms with Crippen LogP contribution in [-0.4, -0.2) is 37.6 Å². The predicted molar refractivity (Wildman–Crippen MR) is 164 cm³/mol. The molecule has 1 atom stereocenters. The van der Waals surface area contributed by atoms with Gasteiger partial charge in [0.25, 0.3) is 11.7 Å². The number of aliphatic hydroxyl groups is 1. The molecule has 1 N–H and O–H groups in total. The quantitative estimate of drug-likeness (QED) is 0.128. The number of rotatable bonds is 10. The second-order valence-corrected chi connectivity index (χ2v) is 9.94. The average Bonchev–Trinajstić information content (AvgIpc) is 3.30. The molecule has 1 fully saturated rings. The number of benzene rings is 4. The molecule has 1 unspecified atom stereocenters. The van der Waals surface area contributed by atoms with Crippen LogP contribution in [0.4, 0.5) is 5.69 Å². The standard InChI is InChI=1S/C35H33NO7/c1-5-42-30-20-24(15-18-29(30)41-4)32-31(34(38)35(39)36(32)26-13-9-10-14-28(26)40-3)33(37)25-16-17-27(22(2)19-25)43-21-23-11-7-6-8-12-23/h6-20,32,37H,5,21H2,1-4H3/b33-31-. The lowest BCUT2D eigenvalue weighted by molar-refractivity contribution is -0.132. The number of para-hydroxylation sites is 2. The van der Waals surface area contributed by atoms with Crippen molar-refractivity contribution < 1.29 is 33.6 Å². The Bertz CT molecular complexity index is 1680. The molecule has 4 aromatic carbocycles. The number of ether oxygens (including phenoxy) is 4. The van der Waals surface area contributed by atoms with E-state index < -0.39 is 17.7 Å². The topological polar surface area (TPSA) is 94.5 Å². The number of aliphatic hydroxyl groups excluding tert-OH is 1. The maximum absolute atomic E-state index is 13.7. The van der Waals surface area contributed by atoms with E-state index >= 15 is 0 Å². The number of hydrogen-bond acceptors (Lipinski definition) is 7. The van der Waals surface area contributed by atoms with Crippen molar-refractivity contribution >= 4 is 23.1 Å². The normalized spacial score (nSPS) is 15.8. The first kappa shape index (κ1) is 29.3. The Balaban J connectivity index is 1.62. The van der Waals surface area contributed by atoms with Gasteiger partial charge in [0, 0.05) is 5.56 Å². The first-order valence-corrected chi connectivity index (χ1v) is 13.9. The molecule has 1 heterocycles. The Kier molecular flexibility index (Phi) is 8.66. The largest absolute Gasteiger partial charge is 0.507 e. The second-order valence-electron chi connectivity index (χ2n) is 9.94. The van der Waals surface area contributed by atoms with Crippen LogP contribution in [0.2, 0.25) is 0 Å². The highest BCUT2D eigenvalue weighted by Gasteiger charge is 2.48. The summed E-state index contributed by atoms with van der Waals surface area (Å²) in [6, 6.07) is 26.1. The first-order chi connectivity index (χ1) is 20.9. The Morgan fingerprint density at radius 3 is 2.19 bits per heavy atom. The molecule has 5 rings (SSSR count). The number of methoxy groups -OCH3 is 2. The van der Waals surface area contributed by atoms with Gasteiger partial charge in [0.05, 0.1) is 38.1 Å². The summed E-state index contributed by atoms with van der Waals surface area (Å²) in [5, 5.41) is 11.7. The number of aryl methyl sites for hydroxylation is 1. The zero-order valence-corrected chi connectivity index (χ0v) is 24.5. The van der Waals surface area contributed by atoms with Crippen molar-refractivity contribution in [2.24, 2.45) is 0 Å². The highest BCUT2D eigenvalue weighted by molar-refractivity contribution is 6.52. The van der Waals surface area contributed by atoms with E-state index in [1.165, 1.54) is 19.1 Å². The van der Waals surface area contributed by atoms with E-state index in [0.717, 1.165) is 11.1 Å². The van der Waals surface area contributed by atoms with Gasteiger partial charge in [0.15, 0.2) is 11.5 Å². The molecule has 0 spiro atoms. The van der Waals surface area contributed by atoms with Crippen molar-refractivity contribution in [3.8, 4) is 23.0 Å². The molecule has 43 heavy (non-hydrogen) atoms. The van der Waals surface area contributed by atoms with Gasteiger partial charge in [0.2, 0.25) is 0 Å². The molecule has 8 nitrogen and oxygen atoms in total. The van der Waals surface area contributed by atoms with Crippen LogP contribution in [-0.2, 0) is 16.2 Å². The first-order valence-electron chi connectivity index (χ1n) is 13.9. The van der Waals surface area contributed by atoms with Gasteiger partial charge < -0.3 is 24.1 Å². The summed E-state index contributed by atoms with van der Waals surface area (Å²) in [5.41, 5.74) is 3.06. The van der Waals surface area contributed by atoms with E-state index in [2.05, 4.69) is 0 Å². The van der Waals surface area contributed by atoms with Crippen LogP contribution in [0.5, 0.6) is 23.0 Å². The van der Waals surface area contributed by atoms with Gasteiger partial charge in [-0.15, -0.1) is 0 Å². The maximum atomic E-state index is 13.7. The number of nitrogens with zero attached hydrogens (tertiary/aromatic N) is 1. The van der Waals surface area contributed by atoms with Crippen molar-refractivity contribution in [2.45, 2.75) is 26.5 Å². The number of amides is 1. The molecule has 8 heteroatoms. The lowest BCUT2D eigenvalue weighted by Gasteiger charge is -2.27. The van der Waals surface area contributed by atoms with Gasteiger partial charge in [-0.1, -0.05) is 48.5 Å². The van der Waals surface area contributed by atoms with Crippen LogP contribution in [0.25, 0.3) is 5.76 Å². The molecule has 1 aliphatic heterocycles. The van der Waals surface area contributed by atoms with E-state index in [4.69, 9.17) is 18.9 Å². The van der Waals surface area contributed by atoms with Gasteiger partial charge >= 0.3 is 0 Å². The second kappa shape index (κ2) is 12.7. The van der Waals surface area contributed by atoms with Crippen LogP contribution in [0.1, 0.15) is 35.2 Å². The fraction of sp³-hybridized carbons (Fsp3) is 0.200. The number of carbonyl (C=O) groups is 2. The van der Waals surface area contributed by atoms with Gasteiger partial charge in [-0.3, -0.25) is 14.5 Å². The van der Waals surface area contributed by atoms with E-state index in [1.807, 2.05) is 44.2 Å². The number of ketones is 1. The molecule has 0 radical (unpaired) electrons. The Morgan fingerprint density at radius 2 is 1.49 bits per heavy atom. The average molecular weight is 580 g/mol. The molecule has 0 saturated carbocycles.